The number of rotatable bonds is 41. The number of thioether (sulfide) groups is 1. The van der Waals surface area contributed by atoms with Gasteiger partial charge in [0.15, 0.2) is 25.2 Å². The van der Waals surface area contributed by atoms with Crippen LogP contribution in [0.4, 0.5) is 4.79 Å². The molecule has 0 radical (unpaired) electrons. The Kier molecular flexibility index (Phi) is 33.0. The Morgan fingerprint density at radius 2 is 0.960 bits per heavy atom. The van der Waals surface area contributed by atoms with E-state index in [-0.39, 0.29) is 76.6 Å². The Morgan fingerprint density at radius 3 is 1.51 bits per heavy atom. The molecule has 6 aliphatic heterocycles. The third-order valence-electron chi connectivity index (χ3n) is 15.3. The van der Waals surface area contributed by atoms with Gasteiger partial charge in [0.25, 0.3) is 0 Å². The SMILES string of the molecule is CC(=O)NC1C(OC2C(O)C(COS(=O)(=O)O)OC(OC3C(COS(=O)(=O)O)OC(OCCCNC(=O)COCCOCCOCCNC(=O)CCCCC4SCC5NC(=O)NC54)C(NC(C)=O)C3O)C2O)OC(COS(=O)(=O)O)C(OC2OC(COS(=O)(=O)O)C(O)C(O)C2O)C1O. The van der Waals surface area contributed by atoms with Crippen molar-refractivity contribution < 1.29 is 180 Å². The third kappa shape index (κ3) is 27.7. The van der Waals surface area contributed by atoms with Gasteiger partial charge < -0.3 is 120 Å². The molecule has 45 nitrogen and oxygen atoms in total. The van der Waals surface area contributed by atoms with Gasteiger partial charge in [-0.2, -0.15) is 45.4 Å². The van der Waals surface area contributed by atoms with E-state index >= 15 is 0 Å². The second-order valence-electron chi connectivity index (χ2n) is 22.8. The Balaban J connectivity index is 1.04. The van der Waals surface area contributed by atoms with Gasteiger partial charge >= 0.3 is 47.6 Å². The Morgan fingerprint density at radius 1 is 0.495 bits per heavy atom. The highest BCUT2D eigenvalue weighted by Gasteiger charge is 2.57. The molecule has 17 N–H and O–H groups in total. The monoisotopic (exact) mass is 1540 g/mol. The van der Waals surface area contributed by atoms with Crippen LogP contribution in [0.2, 0.25) is 0 Å². The molecular formula is C49H84N6O39S5. The number of carbonyl (C=O) groups excluding carboxylic acids is 5. The largest absolute Gasteiger partial charge is 0.397 e. The first kappa shape index (κ1) is 84.2. The van der Waals surface area contributed by atoms with Crippen LogP contribution in [0.1, 0.15) is 46.0 Å². The minimum atomic E-state index is -5.48. The molecule has 23 atom stereocenters. The van der Waals surface area contributed by atoms with E-state index < -0.39 is 215 Å². The molecule has 0 aromatic rings. The predicted octanol–water partition coefficient (Wildman–Crippen LogP) is -9.73. The smallest absolute Gasteiger partial charge is 0.388 e. The number of urea groups is 1. The Bertz CT molecular complexity index is 3080. The molecular weight excluding hydrogens is 1460 g/mol. The molecule has 0 aromatic carbocycles. The topological polar surface area (TPSA) is 655 Å². The third-order valence-corrected chi connectivity index (χ3v) is 18.6. The first-order valence-electron chi connectivity index (χ1n) is 30.3. The van der Waals surface area contributed by atoms with E-state index in [1.807, 2.05) is 11.8 Å². The zero-order valence-electron chi connectivity index (χ0n) is 52.6. The minimum absolute atomic E-state index is 0.00821. The van der Waals surface area contributed by atoms with Gasteiger partial charge in [0.05, 0.1) is 78.2 Å². The molecule has 23 unspecified atom stereocenters. The van der Waals surface area contributed by atoms with Gasteiger partial charge in [-0.15, -0.1) is 0 Å². The zero-order valence-corrected chi connectivity index (χ0v) is 56.7. The molecule has 574 valence electrons. The number of hydrogen-bond donors (Lipinski definition) is 17. The second kappa shape index (κ2) is 38.9. The molecule has 50 heteroatoms. The molecule has 6 amide bonds. The lowest BCUT2D eigenvalue weighted by atomic mass is 9.94. The van der Waals surface area contributed by atoms with Gasteiger partial charge in [0, 0.05) is 44.4 Å². The molecule has 0 aliphatic carbocycles. The van der Waals surface area contributed by atoms with Crippen molar-refractivity contribution in [3.05, 3.63) is 0 Å². The van der Waals surface area contributed by atoms with Crippen molar-refractivity contribution in [1.29, 1.82) is 0 Å². The lowest BCUT2D eigenvalue weighted by Crippen LogP contribution is -2.70. The number of aliphatic hydroxyl groups excluding tert-OH is 7. The lowest BCUT2D eigenvalue weighted by Gasteiger charge is -2.50. The fourth-order valence-electron chi connectivity index (χ4n) is 10.8. The summed E-state index contributed by atoms with van der Waals surface area (Å²) in [7, 11) is -21.6. The first-order valence-corrected chi connectivity index (χ1v) is 36.8. The van der Waals surface area contributed by atoms with Crippen LogP contribution >= 0.6 is 11.8 Å². The molecule has 6 rings (SSSR count). The summed E-state index contributed by atoms with van der Waals surface area (Å²) >= 11 is 1.82. The number of aliphatic hydroxyl groups is 7. The van der Waals surface area contributed by atoms with E-state index in [0.29, 0.717) is 24.6 Å². The van der Waals surface area contributed by atoms with E-state index in [4.69, 9.17) is 56.7 Å². The van der Waals surface area contributed by atoms with Crippen molar-refractivity contribution in [1.82, 2.24) is 31.9 Å². The van der Waals surface area contributed by atoms with E-state index in [1.165, 1.54) is 0 Å². The van der Waals surface area contributed by atoms with Crippen molar-refractivity contribution in [2.45, 2.75) is 186 Å². The van der Waals surface area contributed by atoms with E-state index in [2.05, 4.69) is 48.6 Å². The van der Waals surface area contributed by atoms with Crippen LogP contribution in [0, 0.1) is 0 Å². The summed E-state index contributed by atoms with van der Waals surface area (Å²) in [6.45, 7) is -3.35. The van der Waals surface area contributed by atoms with Gasteiger partial charge in [-0.1, -0.05) is 6.42 Å². The van der Waals surface area contributed by atoms with Crippen molar-refractivity contribution in [2.24, 2.45) is 0 Å². The minimum Gasteiger partial charge on any atom is -0.388 e. The standard InChI is InChI=1S/C49H84N6O39S5/c1-22(56)52-33-37(62)42(27(18-86-98(74,75)76)90-45(33)83-10-5-8-50-31(59)20-82-15-14-81-13-12-80-11-9-51-30(58)7-4-3-6-29-32-24(21-95-29)54-49(67)55-32)93-48-41(66)44(36(61)26(89-48)17-85-97(71,72)73)94-46-34(53-23(2)57)38(63)43(28(91-46)19-87-99(77,78)79)92-47-40(65)39(64)35(60)25(88-47)16-84-96(68,69)70/h24-29,32-48,60-66H,3-21H2,1-2H3,(H,50,59)(H,51,58)(H,52,56)(H,53,57)(H2,54,55,67)(H,68,69,70)(H,71,72,73)(H,74,75,76)(H,77,78,79). The molecule has 0 saturated carbocycles. The maximum atomic E-state index is 12.7. The molecule has 6 saturated heterocycles. The van der Waals surface area contributed by atoms with Crippen molar-refractivity contribution in [3.8, 4) is 0 Å². The van der Waals surface area contributed by atoms with Crippen molar-refractivity contribution >= 4 is 83.0 Å². The Hall–Kier alpha value is -3.74. The molecule has 6 fully saturated rings. The molecule has 6 heterocycles. The summed E-state index contributed by atoms with van der Waals surface area (Å²) in [6, 6.07) is -3.74. The van der Waals surface area contributed by atoms with Crippen LogP contribution in [-0.4, -0.2) is 349 Å². The van der Waals surface area contributed by atoms with Crippen LogP contribution in [0.25, 0.3) is 0 Å². The average Bonchev–Trinajstić information content (AvgIpc) is 1.63. The summed E-state index contributed by atoms with van der Waals surface area (Å²) in [5, 5.41) is 95.3. The maximum absolute atomic E-state index is 12.7. The molecule has 0 bridgehead atoms. The summed E-state index contributed by atoms with van der Waals surface area (Å²) in [5.41, 5.74) is 0. The van der Waals surface area contributed by atoms with Crippen LogP contribution < -0.4 is 31.9 Å². The van der Waals surface area contributed by atoms with Crippen LogP contribution in [0.5, 0.6) is 0 Å². The number of hydrogen-bond acceptors (Lipinski definition) is 36. The molecule has 0 spiro atoms. The van der Waals surface area contributed by atoms with Gasteiger partial charge in [-0.05, 0) is 19.3 Å². The number of ether oxygens (including phenoxy) is 11. The maximum Gasteiger partial charge on any atom is 0.397 e. The highest BCUT2D eigenvalue weighted by Crippen LogP contribution is 2.37. The zero-order chi connectivity index (χ0) is 73.2. The van der Waals surface area contributed by atoms with Gasteiger partial charge in [-0.25, -0.2) is 21.5 Å². The van der Waals surface area contributed by atoms with Gasteiger partial charge in [0.2, 0.25) is 23.6 Å². The van der Waals surface area contributed by atoms with Crippen molar-refractivity contribution in [2.75, 3.05) is 91.5 Å². The van der Waals surface area contributed by atoms with Crippen molar-refractivity contribution in [3.63, 3.8) is 0 Å². The number of unbranched alkanes of at least 4 members (excludes halogenated alkanes) is 1. The molecule has 6 aliphatic rings. The summed E-state index contributed by atoms with van der Waals surface area (Å²) in [4.78, 5) is 61.6. The van der Waals surface area contributed by atoms with E-state index in [1.54, 1.807) is 0 Å². The fraction of sp³-hybridized carbons (Fsp3) is 0.898. The highest BCUT2D eigenvalue weighted by molar-refractivity contribution is 8.00. The Labute approximate surface area is 570 Å². The van der Waals surface area contributed by atoms with Gasteiger partial charge in [0.1, 0.15) is 104 Å². The quantitative estimate of drug-likeness (QED) is 0.0154. The highest BCUT2D eigenvalue weighted by atomic mass is 32.3. The average molecular weight is 1540 g/mol. The van der Waals surface area contributed by atoms with Crippen LogP contribution in [-0.2, 0) is 130 Å². The lowest BCUT2D eigenvalue weighted by molar-refractivity contribution is -0.377. The second-order valence-corrected chi connectivity index (χ2v) is 28.4. The summed E-state index contributed by atoms with van der Waals surface area (Å²) in [5.74, 6) is -1.74. The first-order chi connectivity index (χ1) is 46.4. The molecule has 0 aromatic heterocycles. The van der Waals surface area contributed by atoms with E-state index in [0.717, 1.165) is 32.4 Å². The fourth-order valence-corrected chi connectivity index (χ4v) is 13.6. The predicted molar refractivity (Wildman–Crippen MR) is 320 cm³/mol. The summed E-state index contributed by atoms with van der Waals surface area (Å²) in [6.07, 6.45) is -37.8. The number of fused-ring (bicyclic) bond motifs is 1. The van der Waals surface area contributed by atoms with Crippen LogP contribution in [0.3, 0.4) is 0 Å². The number of carbonyl (C=O) groups is 5. The number of amides is 6. The normalized spacial score (nSPS) is 34.4. The summed E-state index contributed by atoms with van der Waals surface area (Å²) < 4.78 is 211. The number of nitrogens with one attached hydrogen (secondary N) is 6. The molecule has 99 heavy (non-hydrogen) atoms. The van der Waals surface area contributed by atoms with E-state index in [9.17, 15) is 107 Å². The van der Waals surface area contributed by atoms with Gasteiger partial charge in [-0.3, -0.25) is 37.4 Å². The van der Waals surface area contributed by atoms with Crippen LogP contribution in [0.15, 0.2) is 0 Å².